The molecule has 1 aromatic carbocycles. The summed E-state index contributed by atoms with van der Waals surface area (Å²) in [4.78, 5) is 12.6. The molecule has 2 bridgehead atoms. The van der Waals surface area contributed by atoms with Crippen molar-refractivity contribution in [3.63, 3.8) is 0 Å². The number of benzene rings is 1. The van der Waals surface area contributed by atoms with Crippen molar-refractivity contribution < 1.29 is 14.3 Å². The molecule has 0 spiro atoms. The number of carbonyl (C=O) groups is 1. The summed E-state index contributed by atoms with van der Waals surface area (Å²) in [7, 11) is 1.70. The Morgan fingerprint density at radius 3 is 2.00 bits per heavy atom. The van der Waals surface area contributed by atoms with Crippen molar-refractivity contribution in [2.75, 3.05) is 7.11 Å². The van der Waals surface area contributed by atoms with Gasteiger partial charge in [0.15, 0.2) is 0 Å². The normalized spacial score (nSPS) is 21.6. The molecule has 164 valence electrons. The predicted molar refractivity (Wildman–Crippen MR) is 125 cm³/mol. The lowest BCUT2D eigenvalue weighted by atomic mass is 9.96. The smallest absolute Gasteiger partial charge is 0.316 e. The number of hydrogen-bond acceptors (Lipinski definition) is 3. The SMILES string of the molecule is COc1cc2c(OC(=O)C(C)(C)C)cc1C/C=C(/C)CC/C=C(/C)CC/C=C(/C)C2. The third-order valence-corrected chi connectivity index (χ3v) is 5.48. The van der Waals surface area contributed by atoms with Crippen molar-refractivity contribution in [1.82, 2.24) is 0 Å². The van der Waals surface area contributed by atoms with E-state index in [9.17, 15) is 4.79 Å². The van der Waals surface area contributed by atoms with Crippen LogP contribution in [0.1, 0.15) is 78.4 Å². The first kappa shape index (κ1) is 24.0. The molecule has 0 N–H and O–H groups in total. The average molecular weight is 411 g/mol. The first-order valence-electron chi connectivity index (χ1n) is 11.0. The van der Waals surface area contributed by atoms with E-state index in [1.807, 2.05) is 32.9 Å². The van der Waals surface area contributed by atoms with E-state index in [4.69, 9.17) is 9.47 Å². The molecule has 0 radical (unpaired) electrons. The molecule has 3 nitrogen and oxygen atoms in total. The van der Waals surface area contributed by atoms with E-state index in [-0.39, 0.29) is 5.97 Å². The third-order valence-electron chi connectivity index (χ3n) is 5.48. The number of fused-ring (bicyclic) bond motifs is 10. The molecule has 0 saturated heterocycles. The molecule has 2 aliphatic rings. The monoisotopic (exact) mass is 410 g/mol. The van der Waals surface area contributed by atoms with Gasteiger partial charge in [0.25, 0.3) is 0 Å². The van der Waals surface area contributed by atoms with Gasteiger partial charge in [0.2, 0.25) is 0 Å². The number of allylic oxidation sites excluding steroid dienone is 6. The Morgan fingerprint density at radius 2 is 1.40 bits per heavy atom. The Bertz CT molecular complexity index is 848. The minimum Gasteiger partial charge on any atom is -0.496 e. The summed E-state index contributed by atoms with van der Waals surface area (Å²) in [6.07, 6.45) is 12.6. The van der Waals surface area contributed by atoms with Crippen LogP contribution in [0.3, 0.4) is 0 Å². The van der Waals surface area contributed by atoms with Crippen molar-refractivity contribution in [2.24, 2.45) is 5.41 Å². The summed E-state index contributed by atoms with van der Waals surface area (Å²) in [5, 5.41) is 0. The molecule has 0 aliphatic heterocycles. The highest BCUT2D eigenvalue weighted by Gasteiger charge is 2.25. The summed E-state index contributed by atoms with van der Waals surface area (Å²) in [5.41, 5.74) is 5.55. The van der Waals surface area contributed by atoms with Crippen molar-refractivity contribution in [1.29, 1.82) is 0 Å². The molecule has 30 heavy (non-hydrogen) atoms. The molecule has 3 rings (SSSR count). The molecule has 0 atom stereocenters. The second-order valence-corrected chi connectivity index (χ2v) is 9.52. The van der Waals surface area contributed by atoms with Crippen LogP contribution in [0.4, 0.5) is 0 Å². The fourth-order valence-electron chi connectivity index (χ4n) is 3.43. The zero-order valence-corrected chi connectivity index (χ0v) is 19.9. The number of hydrogen-bond donors (Lipinski definition) is 0. The average Bonchev–Trinajstić information content (AvgIpc) is 2.66. The summed E-state index contributed by atoms with van der Waals surface area (Å²) in [6.45, 7) is 12.2. The lowest BCUT2D eigenvalue weighted by molar-refractivity contribution is -0.143. The van der Waals surface area contributed by atoms with E-state index in [1.165, 1.54) is 16.7 Å². The van der Waals surface area contributed by atoms with Crippen LogP contribution in [0.5, 0.6) is 11.5 Å². The molecule has 2 aliphatic carbocycles. The van der Waals surface area contributed by atoms with Crippen molar-refractivity contribution in [2.45, 2.75) is 80.1 Å². The fourth-order valence-corrected chi connectivity index (χ4v) is 3.43. The Hall–Kier alpha value is -2.29. The zero-order chi connectivity index (χ0) is 22.3. The van der Waals surface area contributed by atoms with Gasteiger partial charge in [-0.3, -0.25) is 4.79 Å². The Kier molecular flexibility index (Phi) is 8.52. The molecule has 1 aromatic rings. The lowest BCUT2D eigenvalue weighted by Crippen LogP contribution is -2.26. The minimum atomic E-state index is -0.556. The van der Waals surface area contributed by atoms with Gasteiger partial charge in [-0.2, -0.15) is 0 Å². The van der Waals surface area contributed by atoms with E-state index in [0.717, 1.165) is 55.4 Å². The van der Waals surface area contributed by atoms with E-state index in [2.05, 4.69) is 39.0 Å². The molecule has 0 unspecified atom stereocenters. The maximum Gasteiger partial charge on any atom is 0.316 e. The molecular weight excluding hydrogens is 372 g/mol. The molecule has 0 heterocycles. The predicted octanol–water partition coefficient (Wildman–Crippen LogP) is 7.14. The lowest BCUT2D eigenvalue weighted by Gasteiger charge is -2.20. The van der Waals surface area contributed by atoms with Gasteiger partial charge in [0.1, 0.15) is 11.5 Å². The van der Waals surface area contributed by atoms with Gasteiger partial charge in [0, 0.05) is 11.1 Å². The quantitative estimate of drug-likeness (QED) is 0.295. The van der Waals surface area contributed by atoms with Crippen LogP contribution in [0.25, 0.3) is 0 Å². The summed E-state index contributed by atoms with van der Waals surface area (Å²) in [6, 6.07) is 4.03. The second kappa shape index (κ2) is 10.7. The topological polar surface area (TPSA) is 35.5 Å². The van der Waals surface area contributed by atoms with Crippen LogP contribution in [0, 0.1) is 5.41 Å². The van der Waals surface area contributed by atoms with Gasteiger partial charge in [-0.25, -0.2) is 0 Å². The van der Waals surface area contributed by atoms with Crippen LogP contribution < -0.4 is 9.47 Å². The van der Waals surface area contributed by atoms with Gasteiger partial charge in [-0.05, 0) is 92.2 Å². The van der Waals surface area contributed by atoms with Crippen LogP contribution in [0.15, 0.2) is 47.1 Å². The van der Waals surface area contributed by atoms with Crippen LogP contribution in [-0.4, -0.2) is 13.1 Å². The van der Waals surface area contributed by atoms with Crippen molar-refractivity contribution >= 4 is 5.97 Å². The molecular formula is C27H38O3. The highest BCUT2D eigenvalue weighted by Crippen LogP contribution is 2.33. The van der Waals surface area contributed by atoms with Crippen LogP contribution in [0.2, 0.25) is 0 Å². The Balaban J connectivity index is 2.50. The highest BCUT2D eigenvalue weighted by molar-refractivity contribution is 5.78. The van der Waals surface area contributed by atoms with Gasteiger partial charge in [-0.15, -0.1) is 0 Å². The number of rotatable bonds is 2. The fraction of sp³-hybridized carbons (Fsp3) is 0.519. The van der Waals surface area contributed by atoms with E-state index in [1.54, 1.807) is 7.11 Å². The van der Waals surface area contributed by atoms with Gasteiger partial charge in [-0.1, -0.05) is 34.9 Å². The largest absolute Gasteiger partial charge is 0.496 e. The maximum atomic E-state index is 12.6. The molecule has 0 saturated carbocycles. The first-order chi connectivity index (χ1) is 14.1. The van der Waals surface area contributed by atoms with Gasteiger partial charge < -0.3 is 9.47 Å². The molecule has 0 fully saturated rings. The van der Waals surface area contributed by atoms with E-state index >= 15 is 0 Å². The van der Waals surface area contributed by atoms with Crippen molar-refractivity contribution in [3.05, 3.63) is 58.2 Å². The zero-order valence-electron chi connectivity index (χ0n) is 19.9. The number of esters is 1. The summed E-state index contributed by atoms with van der Waals surface area (Å²) in [5.74, 6) is 1.27. The molecule has 0 aromatic heterocycles. The van der Waals surface area contributed by atoms with Crippen molar-refractivity contribution in [3.8, 4) is 11.5 Å². The Morgan fingerprint density at radius 1 is 0.833 bits per heavy atom. The Labute approximate surface area is 182 Å². The van der Waals surface area contributed by atoms with Crippen LogP contribution in [-0.2, 0) is 17.6 Å². The van der Waals surface area contributed by atoms with Crippen LogP contribution >= 0.6 is 0 Å². The number of methoxy groups -OCH3 is 1. The second-order valence-electron chi connectivity index (χ2n) is 9.52. The third kappa shape index (κ3) is 7.19. The number of carbonyl (C=O) groups excluding carboxylic acids is 1. The van der Waals surface area contributed by atoms with E-state index in [0.29, 0.717) is 5.75 Å². The van der Waals surface area contributed by atoms with Gasteiger partial charge >= 0.3 is 5.97 Å². The standard InChI is InChI=1S/C27H38O3/c1-19-10-8-12-20(2)14-15-22-17-25(30-26(28)27(4,5)6)23(18-24(22)29-7)16-21(3)13-9-11-19/h10,13-14,17-18H,8-9,11-12,15-16H2,1-7H3/b19-10-,20-14-,21-13-. The minimum absolute atomic E-state index is 0.219. The first-order valence-corrected chi connectivity index (χ1v) is 11.0. The maximum absolute atomic E-state index is 12.6. The molecule has 0 amide bonds. The number of ether oxygens (including phenoxy) is 2. The highest BCUT2D eigenvalue weighted by atomic mass is 16.5. The van der Waals surface area contributed by atoms with Gasteiger partial charge in [0.05, 0.1) is 12.5 Å². The summed E-state index contributed by atoms with van der Waals surface area (Å²) >= 11 is 0. The van der Waals surface area contributed by atoms with E-state index < -0.39 is 5.41 Å². The summed E-state index contributed by atoms with van der Waals surface area (Å²) < 4.78 is 11.6. The molecule has 3 heteroatoms.